The van der Waals surface area contributed by atoms with Crippen LogP contribution in [0.4, 0.5) is 0 Å². The maximum atomic E-state index is 12.8. The van der Waals surface area contributed by atoms with E-state index in [1.165, 1.54) is 37.7 Å². The van der Waals surface area contributed by atoms with Crippen LogP contribution in [0.25, 0.3) is 6.08 Å². The Morgan fingerprint density at radius 2 is 1.60 bits per heavy atom. The Labute approximate surface area is 121 Å². The van der Waals surface area contributed by atoms with E-state index >= 15 is 0 Å². The Bertz CT molecular complexity index is 516. The molecule has 1 nitrogen and oxygen atoms in total. The van der Waals surface area contributed by atoms with E-state index in [9.17, 15) is 4.79 Å². The zero-order valence-electron chi connectivity index (χ0n) is 11.9. The van der Waals surface area contributed by atoms with E-state index in [-0.39, 0.29) is 5.92 Å². The van der Waals surface area contributed by atoms with Gasteiger partial charge in [-0.1, -0.05) is 42.5 Å². The molecule has 0 aliphatic heterocycles. The first-order chi connectivity index (χ1) is 9.79. The van der Waals surface area contributed by atoms with Gasteiger partial charge in [-0.05, 0) is 55.4 Å². The number of Topliss-reactive ketones (excluding diaryl/α,β-unsaturated/α-hetero) is 1. The van der Waals surface area contributed by atoms with E-state index in [1.807, 2.05) is 6.07 Å². The van der Waals surface area contributed by atoms with E-state index in [4.69, 9.17) is 0 Å². The highest BCUT2D eigenvalue weighted by molar-refractivity contribution is 5.87. The molecule has 20 heavy (non-hydrogen) atoms. The molecule has 5 rings (SSSR count). The maximum absolute atomic E-state index is 12.8. The lowest BCUT2D eigenvalue weighted by Gasteiger charge is -2.38. The van der Waals surface area contributed by atoms with Crippen molar-refractivity contribution in [3.8, 4) is 0 Å². The van der Waals surface area contributed by atoms with E-state index in [1.54, 1.807) is 0 Å². The van der Waals surface area contributed by atoms with Gasteiger partial charge in [-0.25, -0.2) is 0 Å². The van der Waals surface area contributed by atoms with Crippen LogP contribution in [0.1, 0.15) is 37.7 Å². The molecule has 0 aromatic heterocycles. The van der Waals surface area contributed by atoms with Gasteiger partial charge >= 0.3 is 0 Å². The van der Waals surface area contributed by atoms with Crippen molar-refractivity contribution in [1.82, 2.24) is 0 Å². The Balaban J connectivity index is 1.61. The fourth-order valence-electron chi connectivity index (χ4n) is 4.96. The highest BCUT2D eigenvalue weighted by Gasteiger charge is 2.47. The summed E-state index contributed by atoms with van der Waals surface area (Å²) in [5, 5.41) is 0. The molecule has 1 heteroatoms. The molecule has 0 heterocycles. The van der Waals surface area contributed by atoms with Crippen LogP contribution in [0.3, 0.4) is 0 Å². The molecule has 4 aliphatic rings. The average Bonchev–Trinajstić information content (AvgIpc) is 2.60. The minimum absolute atomic E-state index is 0.190. The molecule has 2 unspecified atom stereocenters. The number of fused-ring (bicyclic) bond motifs is 1. The van der Waals surface area contributed by atoms with Crippen molar-refractivity contribution in [3.05, 3.63) is 42.0 Å². The topological polar surface area (TPSA) is 17.1 Å². The first kappa shape index (κ1) is 12.4. The third-order valence-corrected chi connectivity index (χ3v) is 5.71. The summed E-state index contributed by atoms with van der Waals surface area (Å²) in [6.07, 6.45) is 10.7. The van der Waals surface area contributed by atoms with Gasteiger partial charge in [0.15, 0.2) is 0 Å². The van der Waals surface area contributed by atoms with E-state index < -0.39 is 0 Å². The Kier molecular flexibility index (Phi) is 3.02. The van der Waals surface area contributed by atoms with Gasteiger partial charge in [-0.15, -0.1) is 0 Å². The summed E-state index contributed by atoms with van der Waals surface area (Å²) in [6, 6.07) is 10.4. The number of carbonyl (C=O) groups excluding carboxylic acids is 1. The third kappa shape index (κ3) is 2.13. The van der Waals surface area contributed by atoms with Crippen molar-refractivity contribution in [3.63, 3.8) is 0 Å². The monoisotopic (exact) mass is 266 g/mol. The lowest BCUT2D eigenvalue weighted by molar-refractivity contribution is -0.126. The molecule has 0 N–H and O–H groups in total. The van der Waals surface area contributed by atoms with Crippen LogP contribution in [0.5, 0.6) is 0 Å². The molecule has 1 aromatic rings. The van der Waals surface area contributed by atoms with Gasteiger partial charge in [-0.3, -0.25) is 4.79 Å². The van der Waals surface area contributed by atoms with E-state index in [0.717, 1.165) is 11.8 Å². The SMILES string of the molecule is O=C1C2C[C@@H]3CC(C[C@H](C2)C3)[C@H]1/C=C/c1ccccc1. The predicted molar refractivity (Wildman–Crippen MR) is 81.0 cm³/mol. The second-order valence-electron chi connectivity index (χ2n) is 7.07. The van der Waals surface area contributed by atoms with Crippen LogP contribution in [-0.4, -0.2) is 5.78 Å². The van der Waals surface area contributed by atoms with Crippen LogP contribution in [-0.2, 0) is 4.79 Å². The fraction of sp³-hybridized carbons (Fsp3) is 0.526. The summed E-state index contributed by atoms with van der Waals surface area (Å²) in [7, 11) is 0. The van der Waals surface area contributed by atoms with Crippen LogP contribution >= 0.6 is 0 Å². The quantitative estimate of drug-likeness (QED) is 0.778. The number of carbonyl (C=O) groups is 1. The highest BCUT2D eigenvalue weighted by Crippen LogP contribution is 2.52. The molecule has 5 atom stereocenters. The minimum atomic E-state index is 0.190. The summed E-state index contributed by atoms with van der Waals surface area (Å²) in [4.78, 5) is 12.8. The molecule has 0 saturated heterocycles. The van der Waals surface area contributed by atoms with E-state index in [2.05, 4.69) is 36.4 Å². The van der Waals surface area contributed by atoms with Gasteiger partial charge in [0.2, 0.25) is 0 Å². The summed E-state index contributed by atoms with van der Waals surface area (Å²) in [6.45, 7) is 0. The van der Waals surface area contributed by atoms with E-state index in [0.29, 0.717) is 17.6 Å². The van der Waals surface area contributed by atoms with Crippen LogP contribution in [0, 0.1) is 29.6 Å². The van der Waals surface area contributed by atoms with Crippen molar-refractivity contribution in [1.29, 1.82) is 0 Å². The molecule has 1 aromatic carbocycles. The molecule has 0 amide bonds. The van der Waals surface area contributed by atoms with Crippen LogP contribution in [0.15, 0.2) is 36.4 Å². The first-order valence-electron chi connectivity index (χ1n) is 8.06. The minimum Gasteiger partial charge on any atom is -0.299 e. The molecule has 0 spiro atoms. The molecule has 0 radical (unpaired) electrons. The molecular weight excluding hydrogens is 244 g/mol. The molecule has 4 fully saturated rings. The molecule has 4 aliphatic carbocycles. The lowest BCUT2D eigenvalue weighted by atomic mass is 9.67. The Morgan fingerprint density at radius 1 is 0.900 bits per heavy atom. The molecule has 4 saturated carbocycles. The zero-order valence-corrected chi connectivity index (χ0v) is 11.9. The summed E-state index contributed by atoms with van der Waals surface area (Å²) >= 11 is 0. The number of hydrogen-bond acceptors (Lipinski definition) is 1. The summed E-state index contributed by atoms with van der Waals surface area (Å²) in [5.74, 6) is 3.42. The van der Waals surface area contributed by atoms with Gasteiger partial charge < -0.3 is 0 Å². The Morgan fingerprint density at radius 3 is 2.30 bits per heavy atom. The van der Waals surface area contributed by atoms with Crippen molar-refractivity contribution >= 4 is 11.9 Å². The van der Waals surface area contributed by atoms with Gasteiger partial charge in [0.05, 0.1) is 0 Å². The number of hydrogen-bond donors (Lipinski definition) is 0. The van der Waals surface area contributed by atoms with Crippen molar-refractivity contribution in [2.75, 3.05) is 0 Å². The molecular formula is C19H22O. The van der Waals surface area contributed by atoms with Crippen LogP contribution in [0.2, 0.25) is 0 Å². The average molecular weight is 266 g/mol. The highest BCUT2D eigenvalue weighted by atomic mass is 16.1. The smallest absolute Gasteiger partial charge is 0.143 e. The third-order valence-electron chi connectivity index (χ3n) is 5.71. The maximum Gasteiger partial charge on any atom is 0.143 e. The van der Waals surface area contributed by atoms with Crippen molar-refractivity contribution in [2.45, 2.75) is 32.1 Å². The van der Waals surface area contributed by atoms with Gasteiger partial charge in [-0.2, -0.15) is 0 Å². The van der Waals surface area contributed by atoms with Crippen LogP contribution < -0.4 is 0 Å². The zero-order chi connectivity index (χ0) is 13.5. The number of benzene rings is 1. The standard InChI is InChI=1S/C19H22O/c20-19-17-11-14-8-15(12-17)10-16(9-14)18(19)7-6-13-4-2-1-3-5-13/h1-7,14-18H,8-12H2/b7-6+/t14-,15+,16?,17?,18-/m1/s1. The van der Waals surface area contributed by atoms with Gasteiger partial charge in [0, 0.05) is 11.8 Å². The molecule has 104 valence electrons. The second kappa shape index (κ2) is 4.87. The van der Waals surface area contributed by atoms with Crippen molar-refractivity contribution < 1.29 is 4.79 Å². The largest absolute Gasteiger partial charge is 0.299 e. The normalized spacial score (nSPS) is 39.4. The number of ketones is 1. The molecule has 4 bridgehead atoms. The van der Waals surface area contributed by atoms with Gasteiger partial charge in [0.1, 0.15) is 5.78 Å². The van der Waals surface area contributed by atoms with Crippen molar-refractivity contribution in [2.24, 2.45) is 29.6 Å². The second-order valence-corrected chi connectivity index (χ2v) is 7.07. The summed E-state index contributed by atoms with van der Waals surface area (Å²) in [5.41, 5.74) is 1.21. The number of allylic oxidation sites excluding steroid dienone is 1. The summed E-state index contributed by atoms with van der Waals surface area (Å²) < 4.78 is 0. The predicted octanol–water partition coefficient (Wildman–Crippen LogP) is 4.34. The lowest BCUT2D eigenvalue weighted by Crippen LogP contribution is -2.28. The Hall–Kier alpha value is -1.37. The first-order valence-corrected chi connectivity index (χ1v) is 8.06. The fourth-order valence-corrected chi connectivity index (χ4v) is 4.96. The number of rotatable bonds is 2. The van der Waals surface area contributed by atoms with Gasteiger partial charge in [0.25, 0.3) is 0 Å².